The summed E-state index contributed by atoms with van der Waals surface area (Å²) in [5.41, 5.74) is -0.0798. The first-order valence-electron chi connectivity index (χ1n) is 3.70. The molecule has 1 aromatic carbocycles. The van der Waals surface area contributed by atoms with Crippen LogP contribution in [0.3, 0.4) is 0 Å². The number of nitrogens with zero attached hydrogens (tertiary/aromatic N) is 1. The first-order valence-corrected chi connectivity index (χ1v) is 3.70. The number of ether oxygens (including phenoxy) is 1. The van der Waals surface area contributed by atoms with Gasteiger partial charge in [-0.1, -0.05) is 23.4 Å². The predicted octanol–water partition coefficient (Wildman–Crippen LogP) is 1.44. The Morgan fingerprint density at radius 1 is 1.38 bits per heavy atom. The van der Waals surface area contributed by atoms with Crippen LogP contribution in [0.5, 0.6) is 5.75 Å². The van der Waals surface area contributed by atoms with Crippen LogP contribution >= 0.6 is 0 Å². The van der Waals surface area contributed by atoms with Gasteiger partial charge in [-0.25, -0.2) is 4.79 Å². The van der Waals surface area contributed by atoms with Crippen molar-refractivity contribution < 1.29 is 14.7 Å². The first kappa shape index (κ1) is 9.25. The quantitative estimate of drug-likeness (QED) is 0.246. The number of hydrogen-bond donors (Lipinski definition) is 1. The lowest BCUT2D eigenvalue weighted by atomic mass is 10.3. The van der Waals surface area contributed by atoms with E-state index in [4.69, 9.17) is 9.94 Å². The van der Waals surface area contributed by atoms with Gasteiger partial charge in [0, 0.05) is 0 Å². The molecule has 0 unspecified atom stereocenters. The standard InChI is InChI=1S/C9H9NO3/c1-7(10-12)9(11)13-8-5-3-2-4-6-8/h2-6,12H,1H3. The van der Waals surface area contributed by atoms with Crippen LogP contribution in [0.15, 0.2) is 35.5 Å². The van der Waals surface area contributed by atoms with Crippen LogP contribution in [0.4, 0.5) is 0 Å². The second kappa shape index (κ2) is 4.25. The molecule has 0 saturated carbocycles. The molecule has 4 nitrogen and oxygen atoms in total. The lowest BCUT2D eigenvalue weighted by Crippen LogP contribution is -2.17. The van der Waals surface area contributed by atoms with Crippen molar-refractivity contribution in [3.05, 3.63) is 30.3 Å². The zero-order valence-corrected chi connectivity index (χ0v) is 7.10. The molecular weight excluding hydrogens is 170 g/mol. The van der Waals surface area contributed by atoms with Crippen LogP contribution in [-0.2, 0) is 4.79 Å². The Kier molecular flexibility index (Phi) is 3.03. The SMILES string of the molecule is CC(=NO)C(=O)Oc1ccccc1. The van der Waals surface area contributed by atoms with Gasteiger partial charge in [-0.05, 0) is 19.1 Å². The molecule has 0 spiro atoms. The highest BCUT2D eigenvalue weighted by Gasteiger charge is 2.08. The fourth-order valence-electron chi connectivity index (χ4n) is 0.710. The fraction of sp³-hybridized carbons (Fsp3) is 0.111. The topological polar surface area (TPSA) is 58.9 Å². The third-order valence-corrected chi connectivity index (χ3v) is 1.40. The van der Waals surface area contributed by atoms with E-state index >= 15 is 0 Å². The number of carbonyl (C=O) groups is 1. The molecule has 0 atom stereocenters. The Hall–Kier alpha value is -1.84. The second-order valence-corrected chi connectivity index (χ2v) is 2.39. The van der Waals surface area contributed by atoms with E-state index in [2.05, 4.69) is 5.16 Å². The van der Waals surface area contributed by atoms with Crippen molar-refractivity contribution >= 4 is 11.7 Å². The predicted molar refractivity (Wildman–Crippen MR) is 47.0 cm³/mol. The minimum absolute atomic E-state index is 0.0798. The summed E-state index contributed by atoms with van der Waals surface area (Å²) >= 11 is 0. The average molecular weight is 179 g/mol. The van der Waals surface area contributed by atoms with Crippen molar-refractivity contribution in [3.8, 4) is 5.75 Å². The van der Waals surface area contributed by atoms with Crippen LogP contribution in [0.25, 0.3) is 0 Å². The highest BCUT2D eigenvalue weighted by molar-refractivity contribution is 6.35. The average Bonchev–Trinajstić information content (AvgIpc) is 2.18. The summed E-state index contributed by atoms with van der Waals surface area (Å²) in [5, 5.41) is 11.0. The molecule has 13 heavy (non-hydrogen) atoms. The van der Waals surface area contributed by atoms with Crippen molar-refractivity contribution in [2.75, 3.05) is 0 Å². The third-order valence-electron chi connectivity index (χ3n) is 1.40. The summed E-state index contributed by atoms with van der Waals surface area (Å²) in [5.74, 6) is -0.232. The number of benzene rings is 1. The summed E-state index contributed by atoms with van der Waals surface area (Å²) in [6.07, 6.45) is 0. The number of oxime groups is 1. The summed E-state index contributed by atoms with van der Waals surface area (Å²) in [6.45, 7) is 1.37. The van der Waals surface area contributed by atoms with Gasteiger partial charge in [0.1, 0.15) is 5.75 Å². The van der Waals surface area contributed by atoms with Crippen LogP contribution in [0, 0.1) is 0 Å². The van der Waals surface area contributed by atoms with Gasteiger partial charge in [-0.2, -0.15) is 0 Å². The maximum absolute atomic E-state index is 11.0. The van der Waals surface area contributed by atoms with Gasteiger partial charge in [0.25, 0.3) is 0 Å². The highest BCUT2D eigenvalue weighted by Crippen LogP contribution is 2.08. The van der Waals surface area contributed by atoms with Crippen molar-refractivity contribution in [1.29, 1.82) is 0 Å². The molecule has 0 bridgehead atoms. The molecule has 1 N–H and O–H groups in total. The van der Waals surface area contributed by atoms with Crippen LogP contribution in [0.1, 0.15) is 6.92 Å². The lowest BCUT2D eigenvalue weighted by Gasteiger charge is -2.01. The molecule has 68 valence electrons. The van der Waals surface area contributed by atoms with Crippen molar-refractivity contribution in [2.45, 2.75) is 6.92 Å². The second-order valence-electron chi connectivity index (χ2n) is 2.39. The van der Waals surface area contributed by atoms with Crippen molar-refractivity contribution in [2.24, 2.45) is 5.16 Å². The van der Waals surface area contributed by atoms with Crippen molar-refractivity contribution in [3.63, 3.8) is 0 Å². The first-order chi connectivity index (χ1) is 6.24. The normalized spacial score (nSPS) is 11.0. The number of carbonyl (C=O) groups excluding carboxylic acids is 1. The Balaban J connectivity index is 2.66. The van der Waals surface area contributed by atoms with Gasteiger partial charge in [-0.15, -0.1) is 0 Å². The summed E-state index contributed by atoms with van der Waals surface area (Å²) < 4.78 is 4.84. The molecule has 0 aliphatic heterocycles. The molecular formula is C9H9NO3. The highest BCUT2D eigenvalue weighted by atomic mass is 16.5. The summed E-state index contributed by atoms with van der Waals surface area (Å²) in [7, 11) is 0. The van der Waals surface area contributed by atoms with Crippen molar-refractivity contribution in [1.82, 2.24) is 0 Å². The molecule has 0 aromatic heterocycles. The maximum atomic E-state index is 11.0. The van der Waals surface area contributed by atoms with Gasteiger partial charge in [-0.3, -0.25) is 0 Å². The van der Waals surface area contributed by atoms with Crippen LogP contribution in [-0.4, -0.2) is 16.9 Å². The molecule has 0 radical (unpaired) electrons. The molecule has 0 amide bonds. The Morgan fingerprint density at radius 2 is 2.00 bits per heavy atom. The smallest absolute Gasteiger partial charge is 0.361 e. The summed E-state index contributed by atoms with van der Waals surface area (Å²) in [6, 6.07) is 8.58. The van der Waals surface area contributed by atoms with Gasteiger partial charge >= 0.3 is 5.97 Å². The lowest BCUT2D eigenvalue weighted by molar-refractivity contribution is -0.127. The molecule has 0 heterocycles. The van der Waals surface area contributed by atoms with Crippen LogP contribution < -0.4 is 4.74 Å². The summed E-state index contributed by atoms with van der Waals surface area (Å²) in [4.78, 5) is 11.0. The van der Waals surface area contributed by atoms with E-state index in [9.17, 15) is 4.79 Å². The number of esters is 1. The van der Waals surface area contributed by atoms with Gasteiger partial charge in [0.2, 0.25) is 0 Å². The Bertz CT molecular complexity index is 319. The van der Waals surface area contributed by atoms with E-state index in [1.54, 1.807) is 24.3 Å². The largest absolute Gasteiger partial charge is 0.422 e. The van der Waals surface area contributed by atoms with E-state index in [1.807, 2.05) is 6.07 Å². The molecule has 0 fully saturated rings. The van der Waals surface area contributed by atoms with Gasteiger partial charge < -0.3 is 9.94 Å². The molecule has 0 aliphatic carbocycles. The Labute approximate surface area is 75.4 Å². The number of hydrogen-bond acceptors (Lipinski definition) is 4. The molecule has 0 aliphatic rings. The molecule has 1 aromatic rings. The molecule has 1 rings (SSSR count). The van der Waals surface area contributed by atoms with Gasteiger partial charge in [0.05, 0.1) is 0 Å². The molecule has 0 saturated heterocycles. The number of para-hydroxylation sites is 1. The number of rotatable bonds is 2. The Morgan fingerprint density at radius 3 is 2.54 bits per heavy atom. The minimum Gasteiger partial charge on any atom is -0.422 e. The zero-order valence-electron chi connectivity index (χ0n) is 7.10. The van der Waals surface area contributed by atoms with E-state index in [0.29, 0.717) is 5.75 Å². The molecule has 4 heteroatoms. The van der Waals surface area contributed by atoms with E-state index < -0.39 is 5.97 Å². The van der Waals surface area contributed by atoms with E-state index in [-0.39, 0.29) is 5.71 Å². The maximum Gasteiger partial charge on any atom is 0.361 e. The zero-order chi connectivity index (χ0) is 9.68. The van der Waals surface area contributed by atoms with Crippen LogP contribution in [0.2, 0.25) is 0 Å². The minimum atomic E-state index is -0.659. The van der Waals surface area contributed by atoms with Gasteiger partial charge in [0.15, 0.2) is 5.71 Å². The van der Waals surface area contributed by atoms with E-state index in [0.717, 1.165) is 0 Å². The van der Waals surface area contributed by atoms with E-state index in [1.165, 1.54) is 6.92 Å². The third kappa shape index (κ3) is 2.59. The fourth-order valence-corrected chi connectivity index (χ4v) is 0.710. The monoisotopic (exact) mass is 179 g/mol.